The number of rotatable bonds is 4. The number of hydrogen-bond donors (Lipinski definition) is 3. The highest BCUT2D eigenvalue weighted by atomic mass is 16.4. The van der Waals surface area contributed by atoms with E-state index in [2.05, 4.69) is 19.9 Å². The van der Waals surface area contributed by atoms with Gasteiger partial charge in [0.1, 0.15) is 11.5 Å². The molecule has 0 unspecified atom stereocenters. The van der Waals surface area contributed by atoms with Crippen molar-refractivity contribution in [1.82, 2.24) is 9.88 Å². The first-order valence-electron chi connectivity index (χ1n) is 6.77. The van der Waals surface area contributed by atoms with E-state index in [-0.39, 0.29) is 12.4 Å². The van der Waals surface area contributed by atoms with Crippen LogP contribution in [0.25, 0.3) is 0 Å². The molecule has 20 heavy (non-hydrogen) atoms. The lowest BCUT2D eigenvalue weighted by molar-refractivity contribution is 0.204. The molecule has 2 heterocycles. The summed E-state index contributed by atoms with van der Waals surface area (Å²) in [7, 11) is 0. The summed E-state index contributed by atoms with van der Waals surface area (Å²) in [5.74, 6) is 0.850. The number of aliphatic hydroxyl groups is 1. The lowest BCUT2D eigenvalue weighted by Crippen LogP contribution is -2.33. The van der Waals surface area contributed by atoms with Gasteiger partial charge in [-0.15, -0.1) is 0 Å². The van der Waals surface area contributed by atoms with Gasteiger partial charge in [-0.05, 0) is 25.1 Å². The van der Waals surface area contributed by atoms with Crippen LogP contribution in [0.4, 0.5) is 5.82 Å². The van der Waals surface area contributed by atoms with Gasteiger partial charge >= 0.3 is 0 Å². The highest BCUT2D eigenvalue weighted by Gasteiger charge is 2.16. The minimum Gasteiger partial charge on any atom is -0.409 e. The minimum absolute atomic E-state index is 0.0172. The van der Waals surface area contributed by atoms with Crippen molar-refractivity contribution in [2.75, 3.05) is 44.2 Å². The Balaban J connectivity index is 2.08. The van der Waals surface area contributed by atoms with E-state index in [4.69, 9.17) is 16.0 Å². The Morgan fingerprint density at radius 3 is 2.90 bits per heavy atom. The molecule has 0 amide bonds. The summed E-state index contributed by atoms with van der Waals surface area (Å²) >= 11 is 0. The van der Waals surface area contributed by atoms with Crippen LogP contribution in [0.3, 0.4) is 0 Å². The lowest BCUT2D eigenvalue weighted by atomic mass is 10.3. The van der Waals surface area contributed by atoms with Crippen LogP contribution in [0.1, 0.15) is 12.1 Å². The van der Waals surface area contributed by atoms with Crippen LogP contribution in [0.2, 0.25) is 0 Å². The van der Waals surface area contributed by atoms with E-state index >= 15 is 0 Å². The number of nitrogens with zero attached hydrogens (tertiary/aromatic N) is 4. The Morgan fingerprint density at radius 2 is 2.15 bits per heavy atom. The van der Waals surface area contributed by atoms with Crippen molar-refractivity contribution in [3.63, 3.8) is 0 Å². The quantitative estimate of drug-likeness (QED) is 0.302. The number of oxime groups is 1. The van der Waals surface area contributed by atoms with Crippen LogP contribution in [0, 0.1) is 0 Å². The zero-order valence-electron chi connectivity index (χ0n) is 11.4. The molecule has 1 aliphatic heterocycles. The van der Waals surface area contributed by atoms with E-state index in [1.807, 2.05) is 12.1 Å². The van der Waals surface area contributed by atoms with Crippen molar-refractivity contribution in [3.8, 4) is 0 Å². The summed E-state index contributed by atoms with van der Waals surface area (Å²) < 4.78 is 0. The summed E-state index contributed by atoms with van der Waals surface area (Å²) in [6.45, 7) is 4.55. The fourth-order valence-corrected chi connectivity index (χ4v) is 2.36. The van der Waals surface area contributed by atoms with Crippen LogP contribution in [-0.4, -0.2) is 65.4 Å². The molecular weight excluding hydrogens is 258 g/mol. The van der Waals surface area contributed by atoms with Crippen molar-refractivity contribution in [1.29, 1.82) is 0 Å². The van der Waals surface area contributed by atoms with Crippen molar-refractivity contribution >= 4 is 11.7 Å². The number of hydrogen-bond acceptors (Lipinski definition) is 6. The monoisotopic (exact) mass is 279 g/mol. The van der Waals surface area contributed by atoms with Crippen LogP contribution < -0.4 is 10.6 Å². The van der Waals surface area contributed by atoms with Gasteiger partial charge in [-0.1, -0.05) is 11.2 Å². The summed E-state index contributed by atoms with van der Waals surface area (Å²) in [6.07, 6.45) is 1.02. The van der Waals surface area contributed by atoms with E-state index in [0.717, 1.165) is 38.4 Å². The van der Waals surface area contributed by atoms with Crippen molar-refractivity contribution in [2.24, 2.45) is 10.9 Å². The topological polar surface area (TPSA) is 98.2 Å². The number of aliphatic hydroxyl groups excluding tert-OH is 1. The average Bonchev–Trinajstić information content (AvgIpc) is 2.73. The second-order valence-corrected chi connectivity index (χ2v) is 4.77. The molecule has 4 N–H and O–H groups in total. The molecule has 1 saturated heterocycles. The van der Waals surface area contributed by atoms with Crippen LogP contribution in [-0.2, 0) is 0 Å². The third-order valence-electron chi connectivity index (χ3n) is 3.43. The highest BCUT2D eigenvalue weighted by molar-refractivity contribution is 5.95. The molecule has 7 nitrogen and oxygen atoms in total. The molecule has 1 aliphatic rings. The van der Waals surface area contributed by atoms with Crippen molar-refractivity contribution < 1.29 is 10.3 Å². The summed E-state index contributed by atoms with van der Waals surface area (Å²) in [5.41, 5.74) is 6.04. The molecule has 0 aliphatic carbocycles. The second-order valence-electron chi connectivity index (χ2n) is 4.77. The number of anilines is 1. The average molecular weight is 279 g/mol. The molecular formula is C13H21N5O2. The van der Waals surface area contributed by atoms with Crippen LogP contribution >= 0.6 is 0 Å². The van der Waals surface area contributed by atoms with E-state index in [0.29, 0.717) is 12.2 Å². The van der Waals surface area contributed by atoms with Gasteiger partial charge in [-0.2, -0.15) is 0 Å². The smallest absolute Gasteiger partial charge is 0.188 e. The Kier molecular flexibility index (Phi) is 5.14. The molecule has 0 aromatic carbocycles. The molecule has 0 bridgehead atoms. The molecule has 1 fully saturated rings. The number of β-amino-alcohol motifs (C(OH)–C–C–N with tert-alkyl or cyclic N) is 1. The fraction of sp³-hybridized carbons (Fsp3) is 0.538. The SMILES string of the molecule is N/C(=N/O)c1cccc(N2CCCN(CCO)CC2)n1. The first-order valence-corrected chi connectivity index (χ1v) is 6.77. The molecule has 2 rings (SSSR count). The third kappa shape index (κ3) is 3.58. The van der Waals surface area contributed by atoms with Gasteiger partial charge in [0, 0.05) is 26.2 Å². The van der Waals surface area contributed by atoms with E-state index in [1.54, 1.807) is 6.07 Å². The first kappa shape index (κ1) is 14.5. The van der Waals surface area contributed by atoms with Gasteiger partial charge in [0.2, 0.25) is 0 Å². The maximum Gasteiger partial charge on any atom is 0.188 e. The Hall–Kier alpha value is -1.86. The van der Waals surface area contributed by atoms with Gasteiger partial charge in [0.15, 0.2) is 5.84 Å². The first-order chi connectivity index (χ1) is 9.74. The van der Waals surface area contributed by atoms with Gasteiger partial charge in [0.25, 0.3) is 0 Å². The maximum atomic E-state index is 9.00. The van der Waals surface area contributed by atoms with Crippen molar-refractivity contribution in [3.05, 3.63) is 23.9 Å². The Morgan fingerprint density at radius 1 is 1.30 bits per heavy atom. The molecule has 1 aromatic heterocycles. The Bertz CT molecular complexity index is 466. The van der Waals surface area contributed by atoms with Crippen molar-refractivity contribution in [2.45, 2.75) is 6.42 Å². The molecule has 110 valence electrons. The molecule has 0 atom stereocenters. The molecule has 7 heteroatoms. The van der Waals surface area contributed by atoms with Gasteiger partial charge in [-0.25, -0.2) is 4.98 Å². The molecule has 1 aromatic rings. The van der Waals surface area contributed by atoms with Gasteiger partial charge < -0.3 is 20.9 Å². The van der Waals surface area contributed by atoms with Crippen LogP contribution in [0.5, 0.6) is 0 Å². The fourth-order valence-electron chi connectivity index (χ4n) is 2.36. The van der Waals surface area contributed by atoms with Gasteiger partial charge in [0.05, 0.1) is 6.61 Å². The van der Waals surface area contributed by atoms with E-state index < -0.39 is 0 Å². The van der Waals surface area contributed by atoms with Crippen LogP contribution in [0.15, 0.2) is 23.4 Å². The molecule has 0 radical (unpaired) electrons. The number of pyridine rings is 1. The van der Waals surface area contributed by atoms with E-state index in [9.17, 15) is 0 Å². The predicted octanol–water partition coefficient (Wildman–Crippen LogP) is -0.320. The second kappa shape index (κ2) is 7.06. The number of nitrogens with two attached hydrogens (primary N) is 1. The standard InChI is InChI=1S/C13H21N5O2/c14-13(16-20)11-3-1-4-12(15-11)18-6-2-5-17(7-8-18)9-10-19/h1,3-4,19-20H,2,5-10H2,(H2,14,16). The minimum atomic E-state index is 0.0172. The zero-order valence-corrected chi connectivity index (χ0v) is 11.4. The normalized spacial score (nSPS) is 18.1. The summed E-state index contributed by atoms with van der Waals surface area (Å²) in [5, 5.41) is 20.7. The zero-order chi connectivity index (χ0) is 14.4. The third-order valence-corrected chi connectivity index (χ3v) is 3.43. The lowest BCUT2D eigenvalue weighted by Gasteiger charge is -2.22. The number of amidine groups is 1. The van der Waals surface area contributed by atoms with E-state index in [1.165, 1.54) is 0 Å². The maximum absolute atomic E-state index is 9.00. The summed E-state index contributed by atoms with van der Waals surface area (Å²) in [4.78, 5) is 8.85. The summed E-state index contributed by atoms with van der Waals surface area (Å²) in [6, 6.07) is 5.50. The Labute approximate surface area is 118 Å². The predicted molar refractivity (Wildman–Crippen MR) is 77.1 cm³/mol. The number of aromatic nitrogens is 1. The molecule has 0 spiro atoms. The highest BCUT2D eigenvalue weighted by Crippen LogP contribution is 2.14. The van der Waals surface area contributed by atoms with Gasteiger partial charge in [-0.3, -0.25) is 4.90 Å². The largest absolute Gasteiger partial charge is 0.409 e. The molecule has 0 saturated carbocycles.